The van der Waals surface area contributed by atoms with Crippen LogP contribution in [0.3, 0.4) is 0 Å². The third-order valence-corrected chi connectivity index (χ3v) is 7.64. The molecule has 0 amide bonds. The molecule has 1 rings (SSSR count). The van der Waals surface area contributed by atoms with E-state index in [0.717, 1.165) is 0 Å². The Balaban J connectivity index is 2.47. The van der Waals surface area contributed by atoms with Crippen LogP contribution in [0.2, 0.25) is 0 Å². The summed E-state index contributed by atoms with van der Waals surface area (Å²) < 4.78 is 2.60. The first-order valence-electron chi connectivity index (χ1n) is 15.3. The van der Waals surface area contributed by atoms with Gasteiger partial charge in [-0.2, -0.15) is 0 Å². The first kappa shape index (κ1) is 30.2. The molecule has 0 fully saturated rings. The molecular formula is C31H61N2+. The molecule has 2 heteroatoms. The van der Waals surface area contributed by atoms with E-state index in [0.29, 0.717) is 12.0 Å². The van der Waals surface area contributed by atoms with Gasteiger partial charge in [0, 0.05) is 0 Å². The molecule has 0 aliphatic rings. The first-order valence-corrected chi connectivity index (χ1v) is 15.3. The van der Waals surface area contributed by atoms with E-state index in [4.69, 9.17) is 0 Å². The third-order valence-electron chi connectivity index (χ3n) is 7.64. The fourth-order valence-electron chi connectivity index (χ4n) is 5.37. The van der Waals surface area contributed by atoms with Gasteiger partial charge in [-0.25, -0.2) is 9.55 Å². The maximum absolute atomic E-state index is 3.69. The molecule has 1 heterocycles. The number of hydrogen-bond donors (Lipinski definition) is 1. The van der Waals surface area contributed by atoms with Gasteiger partial charge in [-0.05, 0) is 32.6 Å². The van der Waals surface area contributed by atoms with Crippen molar-refractivity contribution in [3.05, 3.63) is 18.2 Å². The summed E-state index contributed by atoms with van der Waals surface area (Å²) in [6, 6.07) is 0.624. The lowest BCUT2D eigenvalue weighted by molar-refractivity contribution is -0.727. The van der Waals surface area contributed by atoms with Gasteiger partial charge in [-0.15, -0.1) is 0 Å². The maximum atomic E-state index is 3.69. The number of nitrogens with one attached hydrogen (secondary N) is 1. The van der Waals surface area contributed by atoms with E-state index in [9.17, 15) is 0 Å². The maximum Gasteiger partial charge on any atom is 0.257 e. The quantitative estimate of drug-likeness (QED) is 0.117. The highest BCUT2D eigenvalue weighted by Crippen LogP contribution is 2.27. The van der Waals surface area contributed by atoms with Crippen LogP contribution < -0.4 is 4.57 Å². The Morgan fingerprint density at radius 3 is 1.45 bits per heavy atom. The van der Waals surface area contributed by atoms with E-state index >= 15 is 0 Å². The lowest BCUT2D eigenvalue weighted by atomic mass is 9.93. The summed E-state index contributed by atoms with van der Waals surface area (Å²) >= 11 is 0. The van der Waals surface area contributed by atoms with Crippen molar-refractivity contribution in [3.63, 3.8) is 0 Å². The Kier molecular flexibility index (Phi) is 19.9. The van der Waals surface area contributed by atoms with Gasteiger partial charge in [-0.3, -0.25) is 0 Å². The van der Waals surface area contributed by atoms with Crippen LogP contribution in [-0.2, 0) is 0 Å². The number of rotatable bonds is 24. The third kappa shape index (κ3) is 14.9. The summed E-state index contributed by atoms with van der Waals surface area (Å²) in [6.45, 7) is 9.38. The molecule has 0 aromatic carbocycles. The number of aromatic nitrogens is 2. The van der Waals surface area contributed by atoms with Crippen molar-refractivity contribution in [3.8, 4) is 0 Å². The molecule has 1 N–H and O–H groups in total. The van der Waals surface area contributed by atoms with E-state index in [2.05, 4.69) is 49.6 Å². The molecule has 2 nitrogen and oxygen atoms in total. The molecule has 0 aliphatic carbocycles. The number of nitrogens with zero attached hydrogens (tertiary/aromatic N) is 1. The predicted octanol–water partition coefficient (Wildman–Crippen LogP) is 10.6. The molecule has 33 heavy (non-hydrogen) atoms. The van der Waals surface area contributed by atoms with Crippen molar-refractivity contribution < 1.29 is 4.57 Å². The lowest BCUT2D eigenvalue weighted by Gasteiger charge is -2.17. The summed E-state index contributed by atoms with van der Waals surface area (Å²) in [4.78, 5) is 3.69. The average Bonchev–Trinajstić information content (AvgIpc) is 3.31. The van der Waals surface area contributed by atoms with Crippen molar-refractivity contribution in [1.82, 2.24) is 4.98 Å². The van der Waals surface area contributed by atoms with Crippen LogP contribution in [0.15, 0.2) is 12.4 Å². The minimum Gasteiger partial charge on any atom is -0.247 e. The SMILES string of the molecule is CCCCCCCCCCCC(CCCCCC)c1[nH]cc[n+]1C(C)CCCCCCCC. The minimum absolute atomic E-state index is 0.624. The van der Waals surface area contributed by atoms with Gasteiger partial charge in [0.2, 0.25) is 0 Å². The fourth-order valence-corrected chi connectivity index (χ4v) is 5.37. The molecule has 0 radical (unpaired) electrons. The molecule has 0 spiro atoms. The Labute approximate surface area is 208 Å². The molecule has 0 aliphatic heterocycles. The Morgan fingerprint density at radius 2 is 0.970 bits per heavy atom. The second-order valence-electron chi connectivity index (χ2n) is 10.8. The van der Waals surface area contributed by atoms with Gasteiger partial charge in [0.15, 0.2) is 0 Å². The zero-order valence-electron chi connectivity index (χ0n) is 23.3. The summed E-state index contributed by atoms with van der Waals surface area (Å²) in [5.41, 5.74) is 0. The number of aromatic amines is 1. The van der Waals surface area contributed by atoms with Crippen molar-refractivity contribution >= 4 is 0 Å². The van der Waals surface area contributed by atoms with E-state index in [1.807, 2.05) is 0 Å². The molecular weight excluding hydrogens is 400 g/mol. The second kappa shape index (κ2) is 21.7. The minimum atomic E-state index is 0.624. The van der Waals surface area contributed by atoms with Crippen LogP contribution in [0.25, 0.3) is 0 Å². The molecule has 194 valence electrons. The van der Waals surface area contributed by atoms with Crippen LogP contribution >= 0.6 is 0 Å². The normalized spacial score (nSPS) is 13.5. The first-order chi connectivity index (χ1) is 16.2. The van der Waals surface area contributed by atoms with Crippen LogP contribution in [0, 0.1) is 0 Å². The average molecular weight is 462 g/mol. The predicted molar refractivity (Wildman–Crippen MR) is 147 cm³/mol. The molecule has 1 aromatic heterocycles. The highest BCUT2D eigenvalue weighted by molar-refractivity contribution is 4.90. The summed E-state index contributed by atoms with van der Waals surface area (Å²) in [6.07, 6.45) is 35.3. The smallest absolute Gasteiger partial charge is 0.247 e. The highest BCUT2D eigenvalue weighted by Gasteiger charge is 2.25. The Morgan fingerprint density at radius 1 is 0.576 bits per heavy atom. The van der Waals surface area contributed by atoms with Crippen LogP contribution in [0.4, 0.5) is 0 Å². The number of imidazole rings is 1. The van der Waals surface area contributed by atoms with Gasteiger partial charge in [0.25, 0.3) is 5.82 Å². The zero-order valence-corrected chi connectivity index (χ0v) is 23.3. The Hall–Kier alpha value is -0.790. The number of hydrogen-bond acceptors (Lipinski definition) is 0. The molecule has 0 saturated carbocycles. The van der Waals surface area contributed by atoms with Gasteiger partial charge in [-0.1, -0.05) is 136 Å². The summed E-state index contributed by atoms with van der Waals surface area (Å²) in [5, 5.41) is 0. The summed E-state index contributed by atoms with van der Waals surface area (Å²) in [5.74, 6) is 2.23. The fraction of sp³-hybridized carbons (Fsp3) is 0.903. The van der Waals surface area contributed by atoms with E-state index < -0.39 is 0 Å². The number of unbranched alkanes of at least 4 members (excludes halogenated alkanes) is 16. The second-order valence-corrected chi connectivity index (χ2v) is 10.8. The standard InChI is InChI=1S/C31H60N2/c1-5-8-11-14-16-17-18-20-23-26-30(25-22-13-10-7-3)31-32-27-28-33(31)29(4)24-21-19-15-12-9-6-2/h27-30H,5-26H2,1-4H3/p+1. The van der Waals surface area contributed by atoms with Gasteiger partial charge >= 0.3 is 0 Å². The molecule has 2 unspecified atom stereocenters. The van der Waals surface area contributed by atoms with Crippen LogP contribution in [0.1, 0.15) is 187 Å². The van der Waals surface area contributed by atoms with E-state index in [1.54, 1.807) is 0 Å². The van der Waals surface area contributed by atoms with Crippen molar-refractivity contribution in [2.75, 3.05) is 0 Å². The molecule has 0 bridgehead atoms. The molecule has 0 saturated heterocycles. The summed E-state index contributed by atoms with van der Waals surface area (Å²) in [7, 11) is 0. The van der Waals surface area contributed by atoms with Gasteiger partial charge < -0.3 is 0 Å². The zero-order chi connectivity index (χ0) is 24.0. The largest absolute Gasteiger partial charge is 0.257 e. The van der Waals surface area contributed by atoms with Crippen molar-refractivity contribution in [2.45, 2.75) is 181 Å². The van der Waals surface area contributed by atoms with E-state index in [-0.39, 0.29) is 0 Å². The van der Waals surface area contributed by atoms with Crippen molar-refractivity contribution in [2.24, 2.45) is 0 Å². The van der Waals surface area contributed by atoms with Crippen LogP contribution in [-0.4, -0.2) is 4.98 Å². The Bertz CT molecular complexity index is 521. The van der Waals surface area contributed by atoms with Crippen LogP contribution in [0.5, 0.6) is 0 Å². The lowest BCUT2D eigenvalue weighted by Crippen LogP contribution is -2.41. The highest BCUT2D eigenvalue weighted by atomic mass is 15.1. The molecule has 2 atom stereocenters. The van der Waals surface area contributed by atoms with Gasteiger partial charge in [0.05, 0.1) is 12.0 Å². The van der Waals surface area contributed by atoms with Gasteiger partial charge in [0.1, 0.15) is 12.4 Å². The molecule has 1 aromatic rings. The monoisotopic (exact) mass is 461 g/mol. The topological polar surface area (TPSA) is 19.7 Å². The van der Waals surface area contributed by atoms with E-state index in [1.165, 1.54) is 147 Å². The number of H-pyrrole nitrogens is 1. The van der Waals surface area contributed by atoms with Crippen molar-refractivity contribution in [1.29, 1.82) is 0 Å².